The lowest BCUT2D eigenvalue weighted by Crippen LogP contribution is -2.06. The van der Waals surface area contributed by atoms with E-state index in [1.54, 1.807) is 0 Å². The van der Waals surface area contributed by atoms with Gasteiger partial charge in [-0.25, -0.2) is 4.98 Å². The Morgan fingerprint density at radius 1 is 0.344 bits per heavy atom. The van der Waals surface area contributed by atoms with Crippen LogP contribution in [0.2, 0.25) is 0 Å². The Balaban J connectivity index is 1.07. The molecular weight excluding hydrogens is 747 g/mol. The maximum Gasteiger partial charge on any atom is 0.238 e. The van der Waals surface area contributed by atoms with E-state index >= 15 is 0 Å². The monoisotopic (exact) mass is 779 g/mol. The van der Waals surface area contributed by atoms with Crippen LogP contribution in [0, 0.1) is 0 Å². The molecule has 6 nitrogen and oxygen atoms in total. The number of aromatic nitrogens is 5. The van der Waals surface area contributed by atoms with Crippen molar-refractivity contribution in [1.82, 2.24) is 24.1 Å². The maximum absolute atomic E-state index is 6.60. The second-order valence-corrected chi connectivity index (χ2v) is 15.6. The van der Waals surface area contributed by atoms with E-state index in [1.807, 2.05) is 12.1 Å². The van der Waals surface area contributed by atoms with Gasteiger partial charge in [0.15, 0.2) is 11.6 Å². The molecule has 0 radical (unpaired) electrons. The molecule has 13 rings (SSSR count). The molecule has 0 aliphatic carbocycles. The number of nitrogens with zero attached hydrogens (tertiary/aromatic N) is 5. The van der Waals surface area contributed by atoms with Crippen molar-refractivity contribution in [3.05, 3.63) is 200 Å². The van der Waals surface area contributed by atoms with Gasteiger partial charge in [-0.3, -0.25) is 4.57 Å². The first-order chi connectivity index (χ1) is 30.2. The fourth-order valence-electron chi connectivity index (χ4n) is 9.41. The average Bonchev–Trinajstić information content (AvgIpc) is 3.99. The largest absolute Gasteiger partial charge is 0.455 e. The molecule has 0 unspecified atom stereocenters. The van der Waals surface area contributed by atoms with Crippen LogP contribution in [0.15, 0.2) is 205 Å². The number of hydrogen-bond donors (Lipinski definition) is 0. The smallest absolute Gasteiger partial charge is 0.238 e. The summed E-state index contributed by atoms with van der Waals surface area (Å²) in [6, 6.07) is 70.3. The van der Waals surface area contributed by atoms with Gasteiger partial charge in [0, 0.05) is 54.6 Å². The van der Waals surface area contributed by atoms with Gasteiger partial charge in [0.25, 0.3) is 0 Å². The van der Waals surface area contributed by atoms with Gasteiger partial charge >= 0.3 is 0 Å². The van der Waals surface area contributed by atoms with E-state index in [2.05, 4.69) is 197 Å². The summed E-state index contributed by atoms with van der Waals surface area (Å²) < 4.78 is 11.1. The Bertz CT molecular complexity index is 3850. The molecule has 0 N–H and O–H groups in total. The fourth-order valence-corrected chi connectivity index (χ4v) is 9.41. The van der Waals surface area contributed by atoms with Gasteiger partial charge in [-0.05, 0) is 53.2 Å². The molecule has 0 saturated heterocycles. The molecule has 0 spiro atoms. The highest BCUT2D eigenvalue weighted by atomic mass is 16.3. The van der Waals surface area contributed by atoms with Gasteiger partial charge < -0.3 is 8.98 Å². The maximum atomic E-state index is 6.60. The molecule has 0 atom stereocenters. The summed E-state index contributed by atoms with van der Waals surface area (Å²) in [7, 11) is 0. The Labute approximate surface area is 349 Å². The molecule has 9 aromatic carbocycles. The minimum Gasteiger partial charge on any atom is -0.455 e. The summed E-state index contributed by atoms with van der Waals surface area (Å²) in [6.45, 7) is 0. The summed E-state index contributed by atoms with van der Waals surface area (Å²) >= 11 is 0. The topological polar surface area (TPSA) is 61.7 Å². The van der Waals surface area contributed by atoms with E-state index in [0.717, 1.165) is 93.5 Å². The molecule has 0 saturated carbocycles. The van der Waals surface area contributed by atoms with E-state index in [-0.39, 0.29) is 0 Å². The SMILES string of the molecule is c1ccc(-n2c3ccccc3c3ccc(-c4nc(-c5ccc6ccccc6c5)nc(-n5c6ccccc6c6ccccc65)n4)cc32)c(-c2cccc3c2oc2ccccc23)c1. The third-order valence-corrected chi connectivity index (χ3v) is 12.2. The first kappa shape index (κ1) is 33.6. The van der Waals surface area contributed by atoms with Gasteiger partial charge in [0.1, 0.15) is 11.2 Å². The van der Waals surface area contributed by atoms with E-state index in [1.165, 1.54) is 10.8 Å². The highest BCUT2D eigenvalue weighted by molar-refractivity contribution is 6.13. The fraction of sp³-hybridized carbons (Fsp3) is 0. The lowest BCUT2D eigenvalue weighted by Gasteiger charge is -2.15. The third kappa shape index (κ3) is 5.12. The van der Waals surface area contributed by atoms with Gasteiger partial charge in [-0.1, -0.05) is 158 Å². The zero-order chi connectivity index (χ0) is 40.0. The molecule has 0 aliphatic heterocycles. The van der Waals surface area contributed by atoms with Crippen molar-refractivity contribution < 1.29 is 4.42 Å². The third-order valence-electron chi connectivity index (χ3n) is 12.2. The second kappa shape index (κ2) is 13.1. The van der Waals surface area contributed by atoms with Crippen molar-refractivity contribution in [1.29, 1.82) is 0 Å². The van der Waals surface area contributed by atoms with Crippen LogP contribution in [-0.2, 0) is 0 Å². The Kier molecular flexibility index (Phi) is 7.21. The van der Waals surface area contributed by atoms with Crippen molar-refractivity contribution in [3.8, 4) is 45.5 Å². The zero-order valence-corrected chi connectivity index (χ0v) is 32.7. The minimum absolute atomic E-state index is 0.565. The van der Waals surface area contributed by atoms with Crippen molar-refractivity contribution in [2.24, 2.45) is 0 Å². The summed E-state index contributed by atoms with van der Waals surface area (Å²) in [5.41, 5.74) is 11.0. The van der Waals surface area contributed by atoms with Crippen LogP contribution in [0.4, 0.5) is 0 Å². The average molecular weight is 780 g/mol. The first-order valence-corrected chi connectivity index (χ1v) is 20.5. The number of benzene rings is 9. The van der Waals surface area contributed by atoms with Crippen LogP contribution < -0.4 is 0 Å². The molecule has 6 heteroatoms. The van der Waals surface area contributed by atoms with Crippen LogP contribution >= 0.6 is 0 Å². The molecule has 0 fully saturated rings. The molecule has 61 heavy (non-hydrogen) atoms. The lowest BCUT2D eigenvalue weighted by atomic mass is 10.0. The van der Waals surface area contributed by atoms with Crippen molar-refractivity contribution in [2.45, 2.75) is 0 Å². The van der Waals surface area contributed by atoms with Gasteiger partial charge in [0.05, 0.1) is 27.8 Å². The van der Waals surface area contributed by atoms with E-state index < -0.39 is 0 Å². The molecule has 0 aliphatic rings. The quantitative estimate of drug-likeness (QED) is 0.175. The number of fused-ring (bicyclic) bond motifs is 10. The predicted molar refractivity (Wildman–Crippen MR) is 250 cm³/mol. The molecule has 4 aromatic heterocycles. The normalized spacial score (nSPS) is 11.9. The van der Waals surface area contributed by atoms with E-state index in [9.17, 15) is 0 Å². The van der Waals surface area contributed by atoms with Gasteiger partial charge in [-0.2, -0.15) is 9.97 Å². The minimum atomic E-state index is 0.565. The number of rotatable bonds is 5. The van der Waals surface area contributed by atoms with Crippen molar-refractivity contribution >= 4 is 76.3 Å². The number of furan rings is 1. The number of para-hydroxylation sites is 6. The molecule has 0 bridgehead atoms. The molecule has 284 valence electrons. The van der Waals surface area contributed by atoms with E-state index in [4.69, 9.17) is 19.4 Å². The zero-order valence-electron chi connectivity index (χ0n) is 32.7. The molecule has 4 heterocycles. The number of hydrogen-bond acceptors (Lipinski definition) is 4. The summed E-state index contributed by atoms with van der Waals surface area (Å²) in [5, 5.41) is 9.11. The van der Waals surface area contributed by atoms with Crippen LogP contribution in [0.5, 0.6) is 0 Å². The lowest BCUT2D eigenvalue weighted by molar-refractivity contribution is 0.670. The Morgan fingerprint density at radius 3 is 1.64 bits per heavy atom. The van der Waals surface area contributed by atoms with E-state index in [0.29, 0.717) is 17.6 Å². The van der Waals surface area contributed by atoms with Crippen LogP contribution in [0.1, 0.15) is 0 Å². The standard InChI is InChI=1S/C55H33N5O/c1-2-15-35-32-36(29-28-34(35)14-1)53-56-54(58-55(57-53)60-48-25-10-4-16-38(48)39-17-5-11-26-49(39)60)37-30-31-42-40-18-3-8-23-46(40)59(50(42)33-37)47-24-9-6-19-41(47)44-21-13-22-45-43-20-7-12-27-51(43)61-52(44)45/h1-33H. The molecule has 13 aromatic rings. The summed E-state index contributed by atoms with van der Waals surface area (Å²) in [4.78, 5) is 15.9. The van der Waals surface area contributed by atoms with Gasteiger partial charge in [0.2, 0.25) is 5.95 Å². The van der Waals surface area contributed by atoms with Crippen molar-refractivity contribution in [2.75, 3.05) is 0 Å². The highest BCUT2D eigenvalue weighted by Crippen LogP contribution is 2.42. The first-order valence-electron chi connectivity index (χ1n) is 20.5. The molecular formula is C55H33N5O. The predicted octanol–water partition coefficient (Wildman–Crippen LogP) is 14.1. The van der Waals surface area contributed by atoms with Crippen molar-refractivity contribution in [3.63, 3.8) is 0 Å². The highest BCUT2D eigenvalue weighted by Gasteiger charge is 2.22. The molecule has 0 amide bonds. The van der Waals surface area contributed by atoms with Crippen LogP contribution in [0.25, 0.3) is 122 Å². The summed E-state index contributed by atoms with van der Waals surface area (Å²) in [5.74, 6) is 1.77. The van der Waals surface area contributed by atoms with Crippen LogP contribution in [0.3, 0.4) is 0 Å². The Hall–Kier alpha value is -8.35. The van der Waals surface area contributed by atoms with Gasteiger partial charge in [-0.15, -0.1) is 0 Å². The van der Waals surface area contributed by atoms with Crippen LogP contribution in [-0.4, -0.2) is 24.1 Å². The Morgan fingerprint density at radius 2 is 0.885 bits per heavy atom. The summed E-state index contributed by atoms with van der Waals surface area (Å²) in [6.07, 6.45) is 0. The second-order valence-electron chi connectivity index (χ2n) is 15.6.